The molecule has 0 aromatic heterocycles. The normalized spacial score (nSPS) is 15.2. The lowest BCUT2D eigenvalue weighted by Crippen LogP contribution is -2.54. The Hall–Kier alpha value is -3.05. The molecule has 3 aromatic carbocycles. The fraction of sp³-hybridized carbons (Fsp3) is 0.0800. The molecule has 0 aliphatic carbocycles. The van der Waals surface area contributed by atoms with Gasteiger partial charge in [-0.15, -0.1) is 0 Å². The fourth-order valence-electron chi connectivity index (χ4n) is 3.42. The second-order valence-electron chi connectivity index (χ2n) is 7.84. The van der Waals surface area contributed by atoms with Crippen LogP contribution in [0.2, 0.25) is 15.1 Å². The van der Waals surface area contributed by atoms with Gasteiger partial charge in [-0.1, -0.05) is 46.9 Å². The fourth-order valence-corrected chi connectivity index (χ4v) is 4.60. The van der Waals surface area contributed by atoms with Gasteiger partial charge in [0.2, 0.25) is 0 Å². The van der Waals surface area contributed by atoms with Gasteiger partial charge in [0, 0.05) is 15.6 Å². The molecule has 4 amide bonds. The summed E-state index contributed by atoms with van der Waals surface area (Å²) in [7, 11) is 0. The average molecular weight is 649 g/mol. The maximum atomic E-state index is 13.2. The van der Waals surface area contributed by atoms with Gasteiger partial charge in [0.1, 0.15) is 17.9 Å². The molecule has 1 aliphatic rings. The number of imide groups is 2. The van der Waals surface area contributed by atoms with Gasteiger partial charge in [0.05, 0.1) is 20.7 Å². The number of carbonyl (C=O) groups excluding carboxylic acids is 3. The lowest BCUT2D eigenvalue weighted by Gasteiger charge is -2.27. The molecule has 1 N–H and O–H groups in total. The lowest BCUT2D eigenvalue weighted by atomic mass is 10.1. The van der Waals surface area contributed by atoms with Crippen molar-refractivity contribution in [3.8, 4) is 5.75 Å². The zero-order valence-electron chi connectivity index (χ0n) is 18.7. The number of urea groups is 1. The van der Waals surface area contributed by atoms with Gasteiger partial charge in [0.25, 0.3) is 11.8 Å². The Morgan fingerprint density at radius 3 is 2.34 bits per heavy atom. The lowest BCUT2D eigenvalue weighted by molar-refractivity contribution is -0.137. The van der Waals surface area contributed by atoms with E-state index in [1.54, 1.807) is 30.3 Å². The standard InChI is InChI=1S/C25H13BrCl3F3N2O4/c26-17-8-12(1-6-21(17)38-11-13-2-4-15(27)10-19(13)29)7-16-22(35)33-24(37)34(23(16)36)20-9-14(25(30,31)32)3-5-18(20)28/h1-10H,11H2,(H,33,35,37)/b16-7-. The van der Waals surface area contributed by atoms with Crippen LogP contribution >= 0.6 is 50.7 Å². The zero-order chi connectivity index (χ0) is 27.8. The summed E-state index contributed by atoms with van der Waals surface area (Å²) in [4.78, 5) is 38.4. The first kappa shape index (κ1) is 28.0. The number of alkyl halides is 3. The first-order valence-electron chi connectivity index (χ1n) is 10.5. The number of barbiturate groups is 1. The van der Waals surface area contributed by atoms with E-state index in [1.165, 1.54) is 12.1 Å². The molecule has 0 radical (unpaired) electrons. The quantitative estimate of drug-likeness (QED) is 0.228. The molecule has 1 saturated heterocycles. The van der Waals surface area contributed by atoms with E-state index in [9.17, 15) is 27.6 Å². The van der Waals surface area contributed by atoms with E-state index in [0.29, 0.717) is 48.4 Å². The molecule has 3 aromatic rings. The molecule has 1 heterocycles. The summed E-state index contributed by atoms with van der Waals surface area (Å²) in [6.07, 6.45) is -3.57. The molecule has 1 aliphatic heterocycles. The Balaban J connectivity index is 1.61. The zero-order valence-corrected chi connectivity index (χ0v) is 22.6. The number of halogens is 7. The van der Waals surface area contributed by atoms with Gasteiger partial charge in [-0.3, -0.25) is 14.9 Å². The van der Waals surface area contributed by atoms with Crippen LogP contribution < -0.4 is 15.0 Å². The summed E-state index contributed by atoms with van der Waals surface area (Å²) in [5.74, 6) is -1.74. The third kappa shape index (κ3) is 5.99. The number of anilines is 1. The van der Waals surface area contributed by atoms with Crippen LogP contribution in [-0.2, 0) is 22.4 Å². The molecule has 1 fully saturated rings. The van der Waals surface area contributed by atoms with E-state index in [4.69, 9.17) is 39.5 Å². The summed E-state index contributed by atoms with van der Waals surface area (Å²) in [6.45, 7) is 0.130. The summed E-state index contributed by atoms with van der Waals surface area (Å²) < 4.78 is 45.9. The maximum Gasteiger partial charge on any atom is 0.416 e. The van der Waals surface area contributed by atoms with Crippen LogP contribution in [-0.4, -0.2) is 17.8 Å². The molecule has 0 spiro atoms. The van der Waals surface area contributed by atoms with Gasteiger partial charge in [-0.2, -0.15) is 13.2 Å². The highest BCUT2D eigenvalue weighted by Crippen LogP contribution is 2.37. The molecular weight excluding hydrogens is 636 g/mol. The van der Waals surface area contributed by atoms with E-state index in [0.717, 1.165) is 6.07 Å². The Kier molecular flexibility index (Phi) is 8.08. The van der Waals surface area contributed by atoms with Crippen LogP contribution in [0, 0.1) is 0 Å². The number of benzene rings is 3. The van der Waals surface area contributed by atoms with Crippen molar-refractivity contribution < 1.29 is 32.3 Å². The number of amides is 4. The van der Waals surface area contributed by atoms with E-state index in [-0.39, 0.29) is 11.6 Å². The predicted molar refractivity (Wildman–Crippen MR) is 140 cm³/mol. The van der Waals surface area contributed by atoms with Crippen molar-refractivity contribution in [2.24, 2.45) is 0 Å². The predicted octanol–water partition coefficient (Wildman–Crippen LogP) is 7.67. The summed E-state index contributed by atoms with van der Waals surface area (Å²) in [5, 5.41) is 2.57. The highest BCUT2D eigenvalue weighted by Gasteiger charge is 2.39. The number of nitrogens with zero attached hydrogens (tertiary/aromatic N) is 1. The van der Waals surface area contributed by atoms with Gasteiger partial charge in [-0.25, -0.2) is 9.69 Å². The van der Waals surface area contributed by atoms with Crippen molar-refractivity contribution in [2.75, 3.05) is 4.90 Å². The SMILES string of the molecule is O=C1NC(=O)N(c2cc(C(F)(F)F)ccc2Cl)C(=O)/C1=C\c1ccc(OCc2ccc(Cl)cc2Cl)c(Br)c1. The molecule has 0 atom stereocenters. The molecule has 0 saturated carbocycles. The van der Waals surface area contributed by atoms with Crippen molar-refractivity contribution in [1.29, 1.82) is 0 Å². The first-order chi connectivity index (χ1) is 17.8. The van der Waals surface area contributed by atoms with Gasteiger partial charge < -0.3 is 4.74 Å². The maximum absolute atomic E-state index is 13.2. The Bertz CT molecular complexity index is 1510. The first-order valence-corrected chi connectivity index (χ1v) is 12.4. The number of carbonyl (C=O) groups is 3. The molecular formula is C25H13BrCl3F3N2O4. The smallest absolute Gasteiger partial charge is 0.416 e. The Morgan fingerprint density at radius 1 is 0.947 bits per heavy atom. The Morgan fingerprint density at radius 2 is 1.68 bits per heavy atom. The number of rotatable bonds is 5. The number of hydrogen-bond acceptors (Lipinski definition) is 4. The number of ether oxygens (including phenoxy) is 1. The molecule has 13 heteroatoms. The molecule has 4 rings (SSSR count). The number of hydrogen-bond donors (Lipinski definition) is 1. The van der Waals surface area contributed by atoms with Crippen LogP contribution in [0.25, 0.3) is 6.08 Å². The Labute approximate surface area is 237 Å². The van der Waals surface area contributed by atoms with Gasteiger partial charge >= 0.3 is 12.2 Å². The van der Waals surface area contributed by atoms with E-state index >= 15 is 0 Å². The molecule has 0 bridgehead atoms. The third-order valence-electron chi connectivity index (χ3n) is 5.28. The van der Waals surface area contributed by atoms with Crippen LogP contribution in [0.15, 0.2) is 64.6 Å². The minimum atomic E-state index is -4.75. The van der Waals surface area contributed by atoms with E-state index in [1.807, 2.05) is 5.32 Å². The molecule has 6 nitrogen and oxygen atoms in total. The topological polar surface area (TPSA) is 75.7 Å². The number of nitrogens with one attached hydrogen (secondary N) is 1. The summed E-state index contributed by atoms with van der Waals surface area (Å²) >= 11 is 21.4. The third-order valence-corrected chi connectivity index (χ3v) is 6.81. The summed E-state index contributed by atoms with van der Waals surface area (Å²) in [6, 6.07) is 10.6. The van der Waals surface area contributed by atoms with Crippen molar-refractivity contribution in [3.05, 3.63) is 96.4 Å². The second kappa shape index (κ2) is 11.0. The van der Waals surface area contributed by atoms with Crippen molar-refractivity contribution in [1.82, 2.24) is 5.32 Å². The monoisotopic (exact) mass is 646 g/mol. The highest BCUT2D eigenvalue weighted by molar-refractivity contribution is 9.10. The van der Waals surface area contributed by atoms with Crippen molar-refractivity contribution >= 4 is 80.3 Å². The second-order valence-corrected chi connectivity index (χ2v) is 9.94. The van der Waals surface area contributed by atoms with Crippen LogP contribution in [0.1, 0.15) is 16.7 Å². The van der Waals surface area contributed by atoms with Gasteiger partial charge in [0.15, 0.2) is 0 Å². The average Bonchev–Trinajstić information content (AvgIpc) is 2.82. The van der Waals surface area contributed by atoms with Crippen LogP contribution in [0.4, 0.5) is 23.7 Å². The van der Waals surface area contributed by atoms with Gasteiger partial charge in [-0.05, 0) is 70.0 Å². The molecule has 38 heavy (non-hydrogen) atoms. The van der Waals surface area contributed by atoms with Crippen molar-refractivity contribution in [2.45, 2.75) is 12.8 Å². The minimum Gasteiger partial charge on any atom is -0.488 e. The van der Waals surface area contributed by atoms with Crippen LogP contribution in [0.3, 0.4) is 0 Å². The van der Waals surface area contributed by atoms with E-state index in [2.05, 4.69) is 15.9 Å². The van der Waals surface area contributed by atoms with E-state index < -0.39 is 40.8 Å². The highest BCUT2D eigenvalue weighted by atomic mass is 79.9. The molecule has 196 valence electrons. The van der Waals surface area contributed by atoms with Crippen molar-refractivity contribution in [3.63, 3.8) is 0 Å². The minimum absolute atomic E-state index is 0.130. The largest absolute Gasteiger partial charge is 0.488 e. The summed E-state index contributed by atoms with van der Waals surface area (Å²) in [5.41, 5.74) is -1.09. The van der Waals surface area contributed by atoms with Crippen LogP contribution in [0.5, 0.6) is 5.75 Å². The molecule has 0 unspecified atom stereocenters.